The van der Waals surface area contributed by atoms with Crippen molar-refractivity contribution in [1.82, 2.24) is 4.90 Å². The number of benzene rings is 3. The smallest absolute Gasteiger partial charge is 0.0992 e. The summed E-state index contributed by atoms with van der Waals surface area (Å²) in [5.74, 6) is 0.880. The third-order valence-electron chi connectivity index (χ3n) is 5.69. The molecule has 1 aliphatic rings. The van der Waals surface area contributed by atoms with E-state index in [2.05, 4.69) is 115 Å². The van der Waals surface area contributed by atoms with Gasteiger partial charge in [0.15, 0.2) is 0 Å². The number of nitrogens with zero attached hydrogens (tertiary/aromatic N) is 1. The van der Waals surface area contributed by atoms with Gasteiger partial charge in [0.05, 0.1) is 11.9 Å². The molecule has 2 N–H and O–H groups in total. The summed E-state index contributed by atoms with van der Waals surface area (Å²) in [4.78, 5) is 2.31. The Hall–Kier alpha value is -3.46. The van der Waals surface area contributed by atoms with Gasteiger partial charge >= 0.3 is 0 Å². The zero-order valence-corrected chi connectivity index (χ0v) is 17.8. The van der Waals surface area contributed by atoms with Crippen molar-refractivity contribution in [2.24, 2.45) is 0 Å². The SMILES string of the molecule is C=C(Nc1ccc(C)cc1)C1Cc2ccccc2CN1C(=C)Nc1ccc(C)cc1. The summed E-state index contributed by atoms with van der Waals surface area (Å²) >= 11 is 0. The number of hydrogen-bond donors (Lipinski definition) is 2. The van der Waals surface area contributed by atoms with Crippen LogP contribution in [0.1, 0.15) is 22.3 Å². The van der Waals surface area contributed by atoms with Crippen molar-refractivity contribution in [2.75, 3.05) is 10.6 Å². The van der Waals surface area contributed by atoms with E-state index in [0.29, 0.717) is 0 Å². The standard InChI is InChI=1S/C27H29N3/c1-19-9-13-25(14-10-19)28-21(3)27-17-23-7-5-6-8-24(23)18-30(27)22(4)29-26-15-11-20(2)12-16-26/h5-16,27-29H,3-4,17-18H2,1-2H3. The monoisotopic (exact) mass is 395 g/mol. The Morgan fingerprint density at radius 3 is 1.90 bits per heavy atom. The van der Waals surface area contributed by atoms with Crippen LogP contribution in [0.3, 0.4) is 0 Å². The maximum absolute atomic E-state index is 4.40. The molecule has 0 aromatic heterocycles. The molecule has 0 fully saturated rings. The van der Waals surface area contributed by atoms with Gasteiger partial charge in [-0.05, 0) is 55.7 Å². The van der Waals surface area contributed by atoms with Crippen LogP contribution in [-0.4, -0.2) is 10.9 Å². The summed E-state index contributed by atoms with van der Waals surface area (Å²) in [6, 6.07) is 25.6. The number of aryl methyl sites for hydroxylation is 2. The maximum Gasteiger partial charge on any atom is 0.0992 e. The van der Waals surface area contributed by atoms with Crippen LogP contribution in [0, 0.1) is 13.8 Å². The van der Waals surface area contributed by atoms with Gasteiger partial charge in [-0.3, -0.25) is 0 Å². The van der Waals surface area contributed by atoms with Crippen LogP contribution in [0.2, 0.25) is 0 Å². The van der Waals surface area contributed by atoms with Crippen LogP contribution in [0.5, 0.6) is 0 Å². The molecule has 30 heavy (non-hydrogen) atoms. The second-order valence-corrected chi connectivity index (χ2v) is 8.07. The summed E-state index contributed by atoms with van der Waals surface area (Å²) in [6.07, 6.45) is 0.891. The highest BCUT2D eigenvalue weighted by molar-refractivity contribution is 5.52. The summed E-state index contributed by atoms with van der Waals surface area (Å²) in [5.41, 5.74) is 8.26. The second-order valence-electron chi connectivity index (χ2n) is 8.07. The largest absolute Gasteiger partial charge is 0.358 e. The molecule has 0 bridgehead atoms. The Morgan fingerprint density at radius 2 is 1.30 bits per heavy atom. The van der Waals surface area contributed by atoms with E-state index in [0.717, 1.165) is 35.9 Å². The van der Waals surface area contributed by atoms with Crippen LogP contribution in [0.25, 0.3) is 0 Å². The van der Waals surface area contributed by atoms with Crippen molar-refractivity contribution in [2.45, 2.75) is 32.9 Å². The van der Waals surface area contributed by atoms with E-state index in [4.69, 9.17) is 0 Å². The molecule has 0 spiro atoms. The van der Waals surface area contributed by atoms with Crippen molar-refractivity contribution in [3.8, 4) is 0 Å². The molecular formula is C27H29N3. The molecule has 1 heterocycles. The normalized spacial score (nSPS) is 15.3. The Bertz CT molecular complexity index is 962. The third-order valence-corrected chi connectivity index (χ3v) is 5.69. The van der Waals surface area contributed by atoms with Crippen LogP contribution in [0.4, 0.5) is 11.4 Å². The van der Waals surface area contributed by atoms with Gasteiger partial charge in [-0.2, -0.15) is 0 Å². The Kier molecular flexibility index (Phi) is 5.62. The van der Waals surface area contributed by atoms with Gasteiger partial charge in [0.25, 0.3) is 0 Å². The van der Waals surface area contributed by atoms with Crippen molar-refractivity contribution < 1.29 is 0 Å². The Balaban J connectivity index is 1.57. The average molecular weight is 396 g/mol. The quantitative estimate of drug-likeness (QED) is 0.517. The molecular weight excluding hydrogens is 366 g/mol. The fourth-order valence-electron chi connectivity index (χ4n) is 3.90. The first-order chi connectivity index (χ1) is 14.5. The molecule has 1 unspecified atom stereocenters. The van der Waals surface area contributed by atoms with E-state index in [-0.39, 0.29) is 6.04 Å². The summed E-state index contributed by atoms with van der Waals surface area (Å²) in [5, 5.41) is 7.01. The molecule has 0 saturated carbocycles. The first-order valence-corrected chi connectivity index (χ1v) is 10.4. The second kappa shape index (κ2) is 8.50. The highest BCUT2D eigenvalue weighted by Crippen LogP contribution is 2.30. The van der Waals surface area contributed by atoms with E-state index in [1.807, 2.05) is 0 Å². The first-order valence-electron chi connectivity index (χ1n) is 10.4. The lowest BCUT2D eigenvalue weighted by Gasteiger charge is -2.41. The topological polar surface area (TPSA) is 27.3 Å². The van der Waals surface area contributed by atoms with Gasteiger partial charge < -0.3 is 15.5 Å². The molecule has 3 aromatic carbocycles. The van der Waals surface area contributed by atoms with E-state index in [1.54, 1.807) is 0 Å². The summed E-state index contributed by atoms with van der Waals surface area (Å²) in [7, 11) is 0. The van der Waals surface area contributed by atoms with Gasteiger partial charge in [-0.15, -0.1) is 0 Å². The predicted octanol–water partition coefficient (Wildman–Crippen LogP) is 6.24. The van der Waals surface area contributed by atoms with Crippen molar-refractivity contribution in [1.29, 1.82) is 0 Å². The summed E-state index contributed by atoms with van der Waals surface area (Å²) in [6.45, 7) is 13.8. The van der Waals surface area contributed by atoms with E-state index < -0.39 is 0 Å². The van der Waals surface area contributed by atoms with E-state index in [9.17, 15) is 0 Å². The lowest BCUT2D eigenvalue weighted by Crippen LogP contribution is -2.43. The average Bonchev–Trinajstić information content (AvgIpc) is 2.76. The van der Waals surface area contributed by atoms with Gasteiger partial charge in [0.2, 0.25) is 0 Å². The van der Waals surface area contributed by atoms with Crippen LogP contribution in [0.15, 0.2) is 97.5 Å². The van der Waals surface area contributed by atoms with Crippen molar-refractivity contribution in [3.63, 3.8) is 0 Å². The van der Waals surface area contributed by atoms with Gasteiger partial charge in [0, 0.05) is 23.6 Å². The van der Waals surface area contributed by atoms with Crippen LogP contribution < -0.4 is 10.6 Å². The minimum Gasteiger partial charge on any atom is -0.358 e. The molecule has 1 atom stereocenters. The summed E-state index contributed by atoms with van der Waals surface area (Å²) < 4.78 is 0. The minimum absolute atomic E-state index is 0.103. The molecule has 0 radical (unpaired) electrons. The number of anilines is 2. The number of fused-ring (bicyclic) bond motifs is 1. The number of rotatable bonds is 6. The fraction of sp³-hybridized carbons (Fsp3) is 0.185. The zero-order valence-electron chi connectivity index (χ0n) is 17.8. The van der Waals surface area contributed by atoms with Gasteiger partial charge in [0.1, 0.15) is 0 Å². The van der Waals surface area contributed by atoms with Crippen molar-refractivity contribution >= 4 is 11.4 Å². The minimum atomic E-state index is 0.103. The molecule has 1 aliphatic heterocycles. The van der Waals surface area contributed by atoms with Gasteiger partial charge in [-0.1, -0.05) is 72.8 Å². The third kappa shape index (κ3) is 4.41. The molecule has 0 amide bonds. The van der Waals surface area contributed by atoms with Gasteiger partial charge in [-0.25, -0.2) is 0 Å². The maximum atomic E-state index is 4.40. The Labute approximate surface area is 179 Å². The van der Waals surface area contributed by atoms with Crippen LogP contribution in [-0.2, 0) is 13.0 Å². The van der Waals surface area contributed by atoms with Crippen LogP contribution >= 0.6 is 0 Å². The number of hydrogen-bond acceptors (Lipinski definition) is 3. The van der Waals surface area contributed by atoms with E-state index in [1.165, 1.54) is 22.3 Å². The molecule has 0 saturated heterocycles. The highest BCUT2D eigenvalue weighted by atomic mass is 15.3. The molecule has 3 aromatic rings. The fourth-order valence-corrected chi connectivity index (χ4v) is 3.90. The molecule has 3 heteroatoms. The first kappa shape index (κ1) is 19.8. The molecule has 3 nitrogen and oxygen atoms in total. The van der Waals surface area contributed by atoms with E-state index >= 15 is 0 Å². The molecule has 0 aliphatic carbocycles. The highest BCUT2D eigenvalue weighted by Gasteiger charge is 2.29. The lowest BCUT2D eigenvalue weighted by atomic mass is 9.92. The molecule has 152 valence electrons. The molecule has 4 rings (SSSR count). The Morgan fingerprint density at radius 1 is 0.767 bits per heavy atom. The zero-order chi connectivity index (χ0) is 21.1. The van der Waals surface area contributed by atoms with Crippen molar-refractivity contribution in [3.05, 3.63) is 120 Å². The number of nitrogens with one attached hydrogen (secondary N) is 2. The lowest BCUT2D eigenvalue weighted by molar-refractivity contribution is 0.259. The predicted molar refractivity (Wildman–Crippen MR) is 127 cm³/mol.